The molecule has 5 aromatic rings. The van der Waals surface area contributed by atoms with Crippen LogP contribution in [0, 0.1) is 0 Å². The van der Waals surface area contributed by atoms with Crippen molar-refractivity contribution in [2.75, 3.05) is 5.32 Å². The predicted molar refractivity (Wildman–Crippen MR) is 131 cm³/mol. The topological polar surface area (TPSA) is 99.4 Å². The molecular formula is C23H18AsF3N6OS. The molecule has 0 saturated carbocycles. The minimum absolute atomic E-state index is 0.0856. The van der Waals surface area contributed by atoms with E-state index in [9.17, 15) is 18.0 Å². The molecule has 12 heteroatoms. The third-order valence-electron chi connectivity index (χ3n) is 5.39. The Hall–Kier alpha value is -3.43. The first kappa shape index (κ1) is 23.3. The quantitative estimate of drug-likeness (QED) is 0.263. The Morgan fingerprint density at radius 2 is 2.00 bits per heavy atom. The summed E-state index contributed by atoms with van der Waals surface area (Å²) in [5, 5.41) is 18.1. The average molecular weight is 558 g/mol. The van der Waals surface area contributed by atoms with Crippen LogP contribution in [-0.4, -0.2) is 48.1 Å². The third-order valence-corrected chi connectivity index (χ3v) is 7.07. The van der Waals surface area contributed by atoms with Gasteiger partial charge in [0.15, 0.2) is 5.69 Å². The van der Waals surface area contributed by atoms with Crippen LogP contribution in [-0.2, 0) is 6.18 Å². The molecule has 0 bridgehead atoms. The van der Waals surface area contributed by atoms with Crippen molar-refractivity contribution in [3.8, 4) is 21.8 Å². The molecule has 1 amide bonds. The van der Waals surface area contributed by atoms with Crippen molar-refractivity contribution in [2.24, 2.45) is 0 Å². The fourth-order valence-corrected chi connectivity index (χ4v) is 4.79. The van der Waals surface area contributed by atoms with Crippen LogP contribution in [0.2, 0.25) is 0 Å². The number of benzene rings is 2. The van der Waals surface area contributed by atoms with Crippen molar-refractivity contribution in [1.82, 2.24) is 25.4 Å². The molecule has 7 nitrogen and oxygen atoms in total. The van der Waals surface area contributed by atoms with Crippen molar-refractivity contribution in [3.05, 3.63) is 71.0 Å². The summed E-state index contributed by atoms with van der Waals surface area (Å²) in [6.07, 6.45) is -2.85. The Morgan fingerprint density at radius 1 is 1.17 bits per heavy atom. The average Bonchev–Trinajstić information content (AvgIpc) is 3.58. The van der Waals surface area contributed by atoms with Gasteiger partial charge in [0.2, 0.25) is 0 Å². The summed E-state index contributed by atoms with van der Waals surface area (Å²) < 4.78 is 39.0. The Kier molecular flexibility index (Phi) is 5.98. The molecule has 0 fully saturated rings. The van der Waals surface area contributed by atoms with Crippen LogP contribution < -0.4 is 5.32 Å². The zero-order valence-electron chi connectivity index (χ0n) is 18.1. The monoisotopic (exact) mass is 558 g/mol. The molecule has 0 spiro atoms. The number of amides is 1. The number of carbonyl (C=O) groups is 1. The summed E-state index contributed by atoms with van der Waals surface area (Å²) in [5.41, 5.74) is 3.40. The van der Waals surface area contributed by atoms with Gasteiger partial charge >= 0.3 is 175 Å². The number of hydrogen-bond acceptors (Lipinski definition) is 5. The SMILES string of the molecule is CC([AsH2])c1cccc(-c2cc3cn[nH]c3cc2NC(=O)c2csc(-c3cc(C(F)(F)F)n[nH]3)n2)c1. The van der Waals surface area contributed by atoms with E-state index in [0.717, 1.165) is 39.4 Å². The molecule has 2 aromatic carbocycles. The van der Waals surface area contributed by atoms with Gasteiger partial charge in [0, 0.05) is 0 Å². The Morgan fingerprint density at radius 3 is 2.74 bits per heavy atom. The van der Waals surface area contributed by atoms with Crippen molar-refractivity contribution in [2.45, 2.75) is 17.8 Å². The molecule has 0 aliphatic heterocycles. The van der Waals surface area contributed by atoms with Gasteiger partial charge in [-0.25, -0.2) is 0 Å². The van der Waals surface area contributed by atoms with Crippen molar-refractivity contribution >= 4 is 50.7 Å². The molecule has 2 atom stereocenters. The number of nitrogens with one attached hydrogen (secondary N) is 3. The number of fused-ring (bicyclic) bond motifs is 1. The number of halogens is 3. The number of rotatable bonds is 5. The first-order valence-electron chi connectivity index (χ1n) is 10.4. The van der Waals surface area contributed by atoms with Crippen LogP contribution in [0.15, 0.2) is 54.0 Å². The van der Waals surface area contributed by atoms with Gasteiger partial charge in [0.05, 0.1) is 0 Å². The fraction of sp³-hybridized carbons (Fsp3) is 0.130. The third kappa shape index (κ3) is 4.74. The number of nitrogens with zero attached hydrogens (tertiary/aromatic N) is 3. The van der Waals surface area contributed by atoms with Crippen LogP contribution >= 0.6 is 11.3 Å². The fourth-order valence-electron chi connectivity index (χ4n) is 3.59. The van der Waals surface area contributed by atoms with Crippen molar-refractivity contribution in [3.63, 3.8) is 0 Å². The van der Waals surface area contributed by atoms with Crippen molar-refractivity contribution < 1.29 is 18.0 Å². The number of aromatic amines is 2. The van der Waals surface area contributed by atoms with Gasteiger partial charge < -0.3 is 0 Å². The summed E-state index contributed by atoms with van der Waals surface area (Å²) >= 11 is 2.67. The van der Waals surface area contributed by atoms with Gasteiger partial charge in [-0.05, 0) is 6.07 Å². The Balaban J connectivity index is 1.47. The van der Waals surface area contributed by atoms with Crippen LogP contribution in [0.1, 0.15) is 33.4 Å². The number of H-pyrrole nitrogens is 2. The second kappa shape index (κ2) is 8.98. The van der Waals surface area contributed by atoms with Gasteiger partial charge in [-0.15, -0.1) is 0 Å². The summed E-state index contributed by atoms with van der Waals surface area (Å²) in [5.74, 6) is -0.480. The standard InChI is InChI=1S/C23H18AsF3N6OS/c1-11(24)12-3-2-4-13(5-12)15-6-14-9-28-31-16(14)7-17(15)29-21(34)19-10-35-22(30-19)18-8-20(33-32-18)23(25,26)27/h2-11H,24H2,1H3,(H,28,31)(H,29,34)(H,32,33). The summed E-state index contributed by atoms with van der Waals surface area (Å²) in [4.78, 5) is 17.3. The minimum atomic E-state index is -4.57. The first-order valence-corrected chi connectivity index (χ1v) is 12.7. The maximum absolute atomic E-state index is 13.1. The molecule has 0 saturated heterocycles. The number of carbonyl (C=O) groups excluding carboxylic acids is 1. The maximum atomic E-state index is 13.1. The van der Waals surface area contributed by atoms with Crippen molar-refractivity contribution in [1.29, 1.82) is 0 Å². The van der Waals surface area contributed by atoms with E-state index in [2.05, 4.69) is 49.8 Å². The molecule has 3 aromatic heterocycles. The normalized spacial score (nSPS) is 12.7. The van der Waals surface area contributed by atoms with Gasteiger partial charge in [-0.3, -0.25) is 5.10 Å². The number of hydrogen-bond donors (Lipinski definition) is 3. The van der Waals surface area contributed by atoms with E-state index < -0.39 is 17.8 Å². The van der Waals surface area contributed by atoms with E-state index in [4.69, 9.17) is 0 Å². The summed E-state index contributed by atoms with van der Waals surface area (Å²) in [6, 6.07) is 12.8. The Bertz CT molecular complexity index is 1540. The summed E-state index contributed by atoms with van der Waals surface area (Å²) in [6.45, 7) is 2.14. The molecule has 5 rings (SSSR count). The zero-order valence-corrected chi connectivity index (χ0v) is 21.4. The van der Waals surface area contributed by atoms with Gasteiger partial charge in [-0.1, -0.05) is 0 Å². The number of aromatic nitrogens is 5. The number of alkyl halides is 3. The molecule has 2 unspecified atom stereocenters. The van der Waals surface area contributed by atoms with Gasteiger partial charge in [0.25, 0.3) is 0 Å². The molecule has 35 heavy (non-hydrogen) atoms. The molecule has 0 aliphatic carbocycles. The molecule has 3 N–H and O–H groups in total. The zero-order chi connectivity index (χ0) is 24.7. The van der Waals surface area contributed by atoms with E-state index in [1.807, 2.05) is 18.2 Å². The number of anilines is 1. The molecule has 0 aliphatic rings. The van der Waals surface area contributed by atoms with Gasteiger partial charge in [0.1, 0.15) is 0 Å². The Labute approximate surface area is 209 Å². The summed E-state index contributed by atoms with van der Waals surface area (Å²) in [7, 11) is 0. The molecule has 3 heterocycles. The molecule has 0 radical (unpaired) electrons. The van der Waals surface area contributed by atoms with E-state index >= 15 is 0 Å². The van der Waals surface area contributed by atoms with Crippen LogP contribution in [0.3, 0.4) is 0 Å². The van der Waals surface area contributed by atoms with Crippen LogP contribution in [0.25, 0.3) is 32.7 Å². The van der Waals surface area contributed by atoms with Crippen LogP contribution in [0.5, 0.6) is 0 Å². The first-order chi connectivity index (χ1) is 16.7. The number of thiazole rings is 1. The second-order valence-electron chi connectivity index (χ2n) is 7.93. The van der Waals surface area contributed by atoms with Crippen LogP contribution in [0.4, 0.5) is 18.9 Å². The van der Waals surface area contributed by atoms with E-state index in [1.54, 1.807) is 29.1 Å². The van der Waals surface area contributed by atoms with E-state index in [-0.39, 0.29) is 16.4 Å². The van der Waals surface area contributed by atoms with Gasteiger partial charge in [-0.2, -0.15) is 18.3 Å². The predicted octanol–water partition coefficient (Wildman–Crippen LogP) is 5.04. The van der Waals surface area contributed by atoms with E-state index in [0.29, 0.717) is 10.4 Å². The van der Waals surface area contributed by atoms with E-state index in [1.165, 1.54) is 10.9 Å². The second-order valence-corrected chi connectivity index (χ2v) is 10.9. The molecular weight excluding hydrogens is 540 g/mol. The molecule has 178 valence electrons.